The van der Waals surface area contributed by atoms with Gasteiger partial charge in [0.15, 0.2) is 0 Å². The summed E-state index contributed by atoms with van der Waals surface area (Å²) in [6, 6.07) is 5.46. The Labute approximate surface area is 93.0 Å². The molecule has 0 fully saturated rings. The zero-order chi connectivity index (χ0) is 11.1. The van der Waals surface area contributed by atoms with E-state index in [1.165, 1.54) is 0 Å². The summed E-state index contributed by atoms with van der Waals surface area (Å²) >= 11 is 5.98. The van der Waals surface area contributed by atoms with Gasteiger partial charge < -0.3 is 0 Å². The van der Waals surface area contributed by atoms with E-state index in [2.05, 4.69) is 4.40 Å². The van der Waals surface area contributed by atoms with Crippen molar-refractivity contribution >= 4 is 27.5 Å². The minimum absolute atomic E-state index is 0.457. The third kappa shape index (κ3) is 2.19. The summed E-state index contributed by atoms with van der Waals surface area (Å²) in [7, 11) is -3.84. The molecule has 1 aliphatic rings. The molecular formula is C9H9ClN2O2S. The lowest BCUT2D eigenvalue weighted by atomic mass is 10.1. The van der Waals surface area contributed by atoms with Gasteiger partial charge in [-0.2, -0.15) is 12.8 Å². The van der Waals surface area contributed by atoms with Gasteiger partial charge in [0, 0.05) is 10.6 Å². The predicted octanol–water partition coefficient (Wildman–Crippen LogP) is 1.28. The van der Waals surface area contributed by atoms with Crippen molar-refractivity contribution in [1.29, 1.82) is 0 Å². The van der Waals surface area contributed by atoms with E-state index < -0.39 is 10.2 Å². The van der Waals surface area contributed by atoms with Crippen LogP contribution in [0.1, 0.15) is 17.5 Å². The molecule has 80 valence electrons. The first-order valence-electron chi connectivity index (χ1n) is 4.37. The Hall–Kier alpha value is -0.910. The fourth-order valence-electron chi connectivity index (χ4n) is 1.72. The molecule has 1 aliphatic carbocycles. The summed E-state index contributed by atoms with van der Waals surface area (Å²) in [5.41, 5.74) is 2.19. The molecule has 0 amide bonds. The molecular weight excluding hydrogens is 236 g/mol. The van der Waals surface area contributed by atoms with Crippen molar-refractivity contribution in [1.82, 2.24) is 0 Å². The Morgan fingerprint density at radius 3 is 2.73 bits per heavy atom. The van der Waals surface area contributed by atoms with Crippen molar-refractivity contribution in [2.75, 3.05) is 0 Å². The van der Waals surface area contributed by atoms with E-state index in [1.54, 1.807) is 6.07 Å². The number of aryl methyl sites for hydroxylation is 1. The SMILES string of the molecule is NS(=O)(=O)N=C1CCc2cccc(Cl)c21. The Balaban J connectivity index is 2.58. The summed E-state index contributed by atoms with van der Waals surface area (Å²) < 4.78 is 25.2. The standard InChI is InChI=1S/C9H9ClN2O2S/c10-7-3-1-2-6-4-5-8(9(6)7)12-15(11,13)14/h1-3H,4-5H2,(H2,11,13,14). The molecule has 6 heteroatoms. The smallest absolute Gasteiger partial charge is 0.210 e. The highest BCUT2D eigenvalue weighted by Gasteiger charge is 2.21. The Morgan fingerprint density at radius 2 is 2.07 bits per heavy atom. The van der Waals surface area contributed by atoms with Gasteiger partial charge in [0.25, 0.3) is 0 Å². The highest BCUT2D eigenvalue weighted by molar-refractivity contribution is 7.88. The van der Waals surface area contributed by atoms with Crippen LogP contribution >= 0.6 is 11.6 Å². The predicted molar refractivity (Wildman–Crippen MR) is 59.4 cm³/mol. The van der Waals surface area contributed by atoms with E-state index in [-0.39, 0.29) is 0 Å². The third-order valence-electron chi connectivity index (χ3n) is 2.26. The summed E-state index contributed by atoms with van der Waals surface area (Å²) in [6.07, 6.45) is 1.32. The number of hydrogen-bond acceptors (Lipinski definition) is 2. The lowest BCUT2D eigenvalue weighted by molar-refractivity contribution is 0.599. The second-order valence-electron chi connectivity index (χ2n) is 3.33. The first-order valence-corrected chi connectivity index (χ1v) is 6.25. The molecule has 0 aliphatic heterocycles. The fraction of sp³-hybridized carbons (Fsp3) is 0.222. The number of hydrogen-bond donors (Lipinski definition) is 1. The molecule has 4 nitrogen and oxygen atoms in total. The largest absolute Gasteiger partial charge is 0.317 e. The average molecular weight is 245 g/mol. The molecule has 0 bridgehead atoms. The zero-order valence-corrected chi connectivity index (χ0v) is 9.35. The minimum atomic E-state index is -3.84. The van der Waals surface area contributed by atoms with Gasteiger partial charge in [-0.25, -0.2) is 5.14 Å². The number of halogens is 1. The molecule has 0 saturated heterocycles. The van der Waals surface area contributed by atoms with Gasteiger partial charge in [-0.15, -0.1) is 0 Å². The minimum Gasteiger partial charge on any atom is -0.210 e. The normalized spacial score (nSPS) is 18.1. The highest BCUT2D eigenvalue weighted by Crippen LogP contribution is 2.29. The maximum Gasteiger partial charge on any atom is 0.317 e. The quantitative estimate of drug-likeness (QED) is 0.808. The van der Waals surface area contributed by atoms with Crippen LogP contribution in [-0.4, -0.2) is 14.1 Å². The van der Waals surface area contributed by atoms with Crippen LogP contribution < -0.4 is 5.14 Å². The molecule has 1 aromatic carbocycles. The van der Waals surface area contributed by atoms with Gasteiger partial charge in [0.1, 0.15) is 0 Å². The van der Waals surface area contributed by atoms with Crippen molar-refractivity contribution in [3.63, 3.8) is 0 Å². The lowest BCUT2D eigenvalue weighted by Gasteiger charge is -2.01. The van der Waals surface area contributed by atoms with Crippen LogP contribution in [0, 0.1) is 0 Å². The summed E-state index contributed by atoms with van der Waals surface area (Å²) in [6.45, 7) is 0. The van der Waals surface area contributed by atoms with Gasteiger partial charge in [-0.3, -0.25) is 0 Å². The summed E-state index contributed by atoms with van der Waals surface area (Å²) in [5, 5.41) is 5.38. The van der Waals surface area contributed by atoms with Crippen LogP contribution in [0.4, 0.5) is 0 Å². The number of fused-ring (bicyclic) bond motifs is 1. The van der Waals surface area contributed by atoms with Crippen LogP contribution in [0.2, 0.25) is 5.02 Å². The second-order valence-corrected chi connectivity index (χ2v) is 4.95. The molecule has 0 aromatic heterocycles. The van der Waals surface area contributed by atoms with Gasteiger partial charge in [0.05, 0.1) is 5.71 Å². The van der Waals surface area contributed by atoms with E-state index in [9.17, 15) is 8.42 Å². The van der Waals surface area contributed by atoms with Crippen molar-refractivity contribution in [2.45, 2.75) is 12.8 Å². The molecule has 15 heavy (non-hydrogen) atoms. The lowest BCUT2D eigenvalue weighted by Crippen LogP contribution is -2.11. The highest BCUT2D eigenvalue weighted by atomic mass is 35.5. The van der Waals surface area contributed by atoms with Crippen molar-refractivity contribution in [3.05, 3.63) is 34.3 Å². The molecule has 2 rings (SSSR count). The molecule has 0 heterocycles. The van der Waals surface area contributed by atoms with Crippen molar-refractivity contribution in [3.8, 4) is 0 Å². The van der Waals surface area contributed by atoms with E-state index in [0.29, 0.717) is 22.7 Å². The number of benzene rings is 1. The molecule has 0 unspecified atom stereocenters. The molecule has 0 spiro atoms. The molecule has 0 atom stereocenters. The summed E-state index contributed by atoms with van der Waals surface area (Å²) in [5.74, 6) is 0. The zero-order valence-electron chi connectivity index (χ0n) is 7.77. The average Bonchev–Trinajstić information content (AvgIpc) is 2.47. The van der Waals surface area contributed by atoms with Crippen LogP contribution in [-0.2, 0) is 16.6 Å². The monoisotopic (exact) mass is 244 g/mol. The van der Waals surface area contributed by atoms with E-state index in [1.807, 2.05) is 12.1 Å². The number of nitrogens with two attached hydrogens (primary N) is 1. The molecule has 0 radical (unpaired) electrons. The Kier molecular flexibility index (Phi) is 2.54. The topological polar surface area (TPSA) is 72.5 Å². The van der Waals surface area contributed by atoms with Gasteiger partial charge in [-0.05, 0) is 24.5 Å². The molecule has 1 aromatic rings. The molecule has 0 saturated carbocycles. The van der Waals surface area contributed by atoms with Crippen molar-refractivity contribution < 1.29 is 8.42 Å². The first-order chi connectivity index (χ1) is 6.97. The van der Waals surface area contributed by atoms with E-state index in [0.717, 1.165) is 12.0 Å². The number of nitrogens with zero attached hydrogens (tertiary/aromatic N) is 1. The van der Waals surface area contributed by atoms with Gasteiger partial charge in [0.2, 0.25) is 0 Å². The Morgan fingerprint density at radius 1 is 1.33 bits per heavy atom. The van der Waals surface area contributed by atoms with Crippen LogP contribution in [0.25, 0.3) is 0 Å². The number of rotatable bonds is 1. The third-order valence-corrected chi connectivity index (χ3v) is 3.05. The van der Waals surface area contributed by atoms with Gasteiger partial charge in [-0.1, -0.05) is 23.7 Å². The van der Waals surface area contributed by atoms with Gasteiger partial charge >= 0.3 is 10.2 Å². The fourth-order valence-corrected chi connectivity index (χ4v) is 2.52. The van der Waals surface area contributed by atoms with Crippen LogP contribution in [0.5, 0.6) is 0 Å². The summed E-state index contributed by atoms with van der Waals surface area (Å²) in [4.78, 5) is 0. The maximum atomic E-state index is 10.9. The Bertz CT molecular complexity index is 537. The first kappa shape index (κ1) is 10.6. The van der Waals surface area contributed by atoms with Crippen LogP contribution in [0.15, 0.2) is 22.6 Å². The van der Waals surface area contributed by atoms with Crippen LogP contribution in [0.3, 0.4) is 0 Å². The second kappa shape index (κ2) is 3.59. The van der Waals surface area contributed by atoms with E-state index >= 15 is 0 Å². The van der Waals surface area contributed by atoms with E-state index in [4.69, 9.17) is 16.7 Å². The van der Waals surface area contributed by atoms with Crippen molar-refractivity contribution in [2.24, 2.45) is 9.54 Å². The molecule has 2 N–H and O–H groups in total. The maximum absolute atomic E-state index is 10.9.